The smallest absolute Gasteiger partial charge is 0.321 e. The molecule has 1 fully saturated rings. The minimum absolute atomic E-state index is 0.311. The zero-order valence-electron chi connectivity index (χ0n) is 13.2. The summed E-state index contributed by atoms with van der Waals surface area (Å²) in [5.74, 6) is -0.400. The Balaban J connectivity index is 1.81. The van der Waals surface area contributed by atoms with Crippen LogP contribution < -0.4 is 10.6 Å². The van der Waals surface area contributed by atoms with Crippen molar-refractivity contribution in [3.63, 3.8) is 0 Å². The first-order valence-electron chi connectivity index (χ1n) is 7.77. The number of rotatable bonds is 6. The molecule has 1 saturated carbocycles. The van der Waals surface area contributed by atoms with Crippen molar-refractivity contribution in [3.05, 3.63) is 35.9 Å². The molecule has 8 nitrogen and oxygen atoms in total. The van der Waals surface area contributed by atoms with E-state index in [2.05, 4.69) is 26.2 Å². The van der Waals surface area contributed by atoms with Gasteiger partial charge in [0.1, 0.15) is 5.25 Å². The molecule has 3 rings (SSSR count). The Bertz CT molecular complexity index is 716. The van der Waals surface area contributed by atoms with Crippen molar-refractivity contribution >= 4 is 23.7 Å². The van der Waals surface area contributed by atoms with Crippen molar-refractivity contribution in [1.29, 1.82) is 0 Å². The minimum Gasteiger partial charge on any atom is -0.338 e. The number of hydrogen-bond acceptors (Lipinski definition) is 6. The largest absolute Gasteiger partial charge is 0.338 e. The van der Waals surface area contributed by atoms with E-state index in [-0.39, 0.29) is 0 Å². The molecule has 0 aliphatic heterocycles. The second-order valence-electron chi connectivity index (χ2n) is 5.39. The van der Waals surface area contributed by atoms with Crippen LogP contribution in [0.15, 0.2) is 35.5 Å². The monoisotopic (exact) mass is 346 g/mol. The molecule has 1 heterocycles. The average Bonchev–Trinajstić information content (AvgIpc) is 3.32. The van der Waals surface area contributed by atoms with E-state index in [1.807, 2.05) is 30.3 Å². The van der Waals surface area contributed by atoms with E-state index in [1.54, 1.807) is 11.6 Å². The van der Waals surface area contributed by atoms with Crippen molar-refractivity contribution in [2.75, 3.05) is 6.54 Å². The lowest BCUT2D eigenvalue weighted by Crippen LogP contribution is -2.41. The first kappa shape index (κ1) is 16.4. The third kappa shape index (κ3) is 3.91. The van der Waals surface area contributed by atoms with Gasteiger partial charge in [0.15, 0.2) is 0 Å². The highest BCUT2D eigenvalue weighted by atomic mass is 32.2. The molecule has 1 atom stereocenters. The van der Waals surface area contributed by atoms with Crippen molar-refractivity contribution < 1.29 is 9.59 Å². The lowest BCUT2D eigenvalue weighted by Gasteiger charge is -2.16. The maximum Gasteiger partial charge on any atom is 0.321 e. The zero-order valence-corrected chi connectivity index (χ0v) is 14.0. The van der Waals surface area contributed by atoms with Gasteiger partial charge in [0.25, 0.3) is 0 Å². The van der Waals surface area contributed by atoms with Gasteiger partial charge in [-0.05, 0) is 35.8 Å². The molecule has 1 unspecified atom stereocenters. The molecule has 0 radical (unpaired) electrons. The molecular formula is C15H18N6O2S. The molecular weight excluding hydrogens is 328 g/mol. The Labute approximate surface area is 143 Å². The predicted octanol–water partition coefficient (Wildman–Crippen LogP) is 1.69. The van der Waals surface area contributed by atoms with Crippen LogP contribution in [-0.2, 0) is 4.79 Å². The van der Waals surface area contributed by atoms with E-state index in [0.717, 1.165) is 18.4 Å². The van der Waals surface area contributed by atoms with Crippen LogP contribution in [-0.4, -0.2) is 38.7 Å². The summed E-state index contributed by atoms with van der Waals surface area (Å²) in [7, 11) is 0. The molecule has 0 spiro atoms. The summed E-state index contributed by atoms with van der Waals surface area (Å²) in [6.07, 6.45) is 2.08. The van der Waals surface area contributed by atoms with Crippen molar-refractivity contribution in [3.8, 4) is 0 Å². The van der Waals surface area contributed by atoms with Crippen molar-refractivity contribution in [1.82, 2.24) is 30.8 Å². The summed E-state index contributed by atoms with van der Waals surface area (Å²) in [6.45, 7) is 2.24. The summed E-state index contributed by atoms with van der Waals surface area (Å²) in [4.78, 5) is 24.3. The van der Waals surface area contributed by atoms with E-state index in [1.165, 1.54) is 11.8 Å². The maximum absolute atomic E-state index is 12.6. The number of amides is 3. The van der Waals surface area contributed by atoms with Crippen molar-refractivity contribution in [2.24, 2.45) is 0 Å². The van der Waals surface area contributed by atoms with Crippen LogP contribution >= 0.6 is 11.8 Å². The van der Waals surface area contributed by atoms with Gasteiger partial charge in [-0.25, -0.2) is 9.48 Å². The Morgan fingerprint density at radius 3 is 2.75 bits per heavy atom. The number of aromatic nitrogens is 4. The quantitative estimate of drug-likeness (QED) is 0.772. The number of hydrogen-bond donors (Lipinski definition) is 2. The van der Waals surface area contributed by atoms with Gasteiger partial charge in [0.2, 0.25) is 11.1 Å². The fourth-order valence-corrected chi connectivity index (χ4v) is 3.25. The molecule has 126 valence electrons. The maximum atomic E-state index is 12.6. The summed E-state index contributed by atoms with van der Waals surface area (Å²) < 4.78 is 1.75. The van der Waals surface area contributed by atoms with Gasteiger partial charge < -0.3 is 5.32 Å². The number of nitrogens with one attached hydrogen (secondary N) is 2. The minimum atomic E-state index is -0.614. The normalized spacial score (nSPS) is 14.9. The number of imide groups is 1. The Morgan fingerprint density at radius 1 is 1.33 bits per heavy atom. The summed E-state index contributed by atoms with van der Waals surface area (Å²) in [6, 6.07) is 9.08. The van der Waals surface area contributed by atoms with Crippen LogP contribution in [0.25, 0.3) is 0 Å². The fraction of sp³-hybridized carbons (Fsp3) is 0.400. The number of nitrogens with zero attached hydrogens (tertiary/aromatic N) is 4. The highest BCUT2D eigenvalue weighted by molar-refractivity contribution is 8.00. The number of carbonyl (C=O) groups is 2. The van der Waals surface area contributed by atoms with Crippen LogP contribution in [0.4, 0.5) is 4.79 Å². The Kier molecular flexibility index (Phi) is 5.09. The second-order valence-corrected chi connectivity index (χ2v) is 6.47. The number of carbonyl (C=O) groups excluding carboxylic acids is 2. The van der Waals surface area contributed by atoms with Crippen LogP contribution in [0.1, 0.15) is 36.6 Å². The van der Waals surface area contributed by atoms with Gasteiger partial charge in [-0.1, -0.05) is 42.1 Å². The van der Waals surface area contributed by atoms with E-state index in [4.69, 9.17) is 0 Å². The standard InChI is InChI=1S/C15H18N6O2S/c1-2-16-14(23)17-13(22)12(10-6-4-3-5-7-10)24-15-18-19-20-21(15)11-8-9-11/h3-7,11-12H,2,8-9H2,1H3,(H2,16,17,22,23). The highest BCUT2D eigenvalue weighted by Crippen LogP contribution is 2.40. The molecule has 9 heteroatoms. The van der Waals surface area contributed by atoms with Gasteiger partial charge in [-0.15, -0.1) is 5.10 Å². The molecule has 1 aliphatic rings. The lowest BCUT2D eigenvalue weighted by molar-refractivity contribution is -0.119. The van der Waals surface area contributed by atoms with Crippen LogP contribution in [0.5, 0.6) is 0 Å². The van der Waals surface area contributed by atoms with Gasteiger partial charge >= 0.3 is 6.03 Å². The predicted molar refractivity (Wildman–Crippen MR) is 88.3 cm³/mol. The number of benzene rings is 1. The molecule has 2 N–H and O–H groups in total. The molecule has 0 bridgehead atoms. The summed E-state index contributed by atoms with van der Waals surface area (Å²) in [5.41, 5.74) is 0.787. The molecule has 2 aromatic rings. The van der Waals surface area contributed by atoms with E-state index in [9.17, 15) is 9.59 Å². The van der Waals surface area contributed by atoms with Crippen LogP contribution in [0.2, 0.25) is 0 Å². The molecule has 1 aromatic carbocycles. The van der Waals surface area contributed by atoms with Crippen molar-refractivity contribution in [2.45, 2.75) is 36.2 Å². The molecule has 24 heavy (non-hydrogen) atoms. The molecule has 0 saturated heterocycles. The fourth-order valence-electron chi connectivity index (χ4n) is 2.20. The molecule has 1 aliphatic carbocycles. The number of tetrazole rings is 1. The third-order valence-electron chi connectivity index (χ3n) is 3.49. The number of urea groups is 1. The zero-order chi connectivity index (χ0) is 16.9. The van der Waals surface area contributed by atoms with E-state index < -0.39 is 17.2 Å². The highest BCUT2D eigenvalue weighted by Gasteiger charge is 2.31. The molecule has 1 aromatic heterocycles. The summed E-state index contributed by atoms with van der Waals surface area (Å²) >= 11 is 1.25. The first-order valence-corrected chi connectivity index (χ1v) is 8.65. The SMILES string of the molecule is CCNC(=O)NC(=O)C(Sc1nnnn1C1CC1)c1ccccc1. The van der Waals surface area contributed by atoms with E-state index >= 15 is 0 Å². The Hall–Kier alpha value is -2.42. The Morgan fingerprint density at radius 2 is 2.08 bits per heavy atom. The first-order chi connectivity index (χ1) is 11.7. The lowest BCUT2D eigenvalue weighted by atomic mass is 10.1. The third-order valence-corrected chi connectivity index (χ3v) is 4.69. The van der Waals surface area contributed by atoms with Crippen LogP contribution in [0, 0.1) is 0 Å². The van der Waals surface area contributed by atoms with E-state index in [0.29, 0.717) is 17.7 Å². The molecule has 3 amide bonds. The van der Waals surface area contributed by atoms with Crippen LogP contribution in [0.3, 0.4) is 0 Å². The van der Waals surface area contributed by atoms with Gasteiger partial charge in [0.05, 0.1) is 6.04 Å². The second kappa shape index (κ2) is 7.43. The summed E-state index contributed by atoms with van der Waals surface area (Å²) in [5, 5.41) is 16.6. The van der Waals surface area contributed by atoms with Gasteiger partial charge in [-0.2, -0.15) is 0 Å². The van der Waals surface area contributed by atoms with Gasteiger partial charge in [0, 0.05) is 6.54 Å². The average molecular weight is 346 g/mol. The van der Waals surface area contributed by atoms with Gasteiger partial charge in [-0.3, -0.25) is 10.1 Å². The number of thioether (sulfide) groups is 1. The topological polar surface area (TPSA) is 102 Å².